The molecule has 0 aliphatic heterocycles. The molecule has 0 spiro atoms. The van der Waals surface area contributed by atoms with Crippen LogP contribution in [0.4, 0.5) is 4.39 Å². The fourth-order valence-corrected chi connectivity index (χ4v) is 1.86. The molecule has 23 heavy (non-hydrogen) atoms. The van der Waals surface area contributed by atoms with Crippen molar-refractivity contribution in [2.45, 2.75) is 19.8 Å². The monoisotopic (exact) mass is 314 g/mol. The van der Waals surface area contributed by atoms with Gasteiger partial charge in [0.1, 0.15) is 11.6 Å². The van der Waals surface area contributed by atoms with Gasteiger partial charge in [-0.15, -0.1) is 0 Å². The van der Waals surface area contributed by atoms with E-state index in [0.29, 0.717) is 11.7 Å². The lowest BCUT2D eigenvalue weighted by atomic mass is 10.0. The minimum absolute atomic E-state index is 0.185. The van der Waals surface area contributed by atoms with E-state index in [4.69, 9.17) is 4.74 Å². The topological polar surface area (TPSA) is 50.7 Å². The van der Waals surface area contributed by atoms with E-state index in [1.165, 1.54) is 29.8 Å². The summed E-state index contributed by atoms with van der Waals surface area (Å²) in [5, 5.41) is 3.88. The van der Waals surface area contributed by atoms with Crippen LogP contribution in [0.1, 0.15) is 30.9 Å². The lowest BCUT2D eigenvalue weighted by Crippen LogP contribution is -2.24. The van der Waals surface area contributed by atoms with Gasteiger partial charge in [0.05, 0.1) is 6.21 Å². The predicted molar refractivity (Wildman–Crippen MR) is 88.2 cm³/mol. The first-order valence-electron chi connectivity index (χ1n) is 7.35. The van der Waals surface area contributed by atoms with E-state index in [-0.39, 0.29) is 18.3 Å². The first kappa shape index (κ1) is 16.7. The Labute approximate surface area is 135 Å². The zero-order valence-electron chi connectivity index (χ0n) is 13.1. The van der Waals surface area contributed by atoms with Crippen LogP contribution in [0.25, 0.3) is 0 Å². The minimum atomic E-state index is -0.385. The zero-order valence-corrected chi connectivity index (χ0v) is 13.1. The fourth-order valence-electron chi connectivity index (χ4n) is 1.86. The van der Waals surface area contributed by atoms with E-state index in [1.54, 1.807) is 6.21 Å². The Kier molecular flexibility index (Phi) is 5.86. The second-order valence-corrected chi connectivity index (χ2v) is 5.36. The van der Waals surface area contributed by atoms with Gasteiger partial charge in [0.25, 0.3) is 5.91 Å². The summed E-state index contributed by atoms with van der Waals surface area (Å²) in [5.74, 6) is 0.165. The molecule has 0 heterocycles. The van der Waals surface area contributed by atoms with Gasteiger partial charge in [-0.2, -0.15) is 5.10 Å². The van der Waals surface area contributed by atoms with Gasteiger partial charge in [0.15, 0.2) is 6.61 Å². The van der Waals surface area contributed by atoms with Crippen LogP contribution in [-0.2, 0) is 4.79 Å². The van der Waals surface area contributed by atoms with Crippen molar-refractivity contribution in [2.24, 2.45) is 5.10 Å². The summed E-state index contributed by atoms with van der Waals surface area (Å²) in [5.41, 5.74) is 4.53. The molecule has 0 unspecified atom stereocenters. The van der Waals surface area contributed by atoms with Crippen LogP contribution in [0.5, 0.6) is 5.75 Å². The van der Waals surface area contributed by atoms with Crippen molar-refractivity contribution in [3.05, 3.63) is 65.5 Å². The molecule has 0 radical (unpaired) electrons. The summed E-state index contributed by atoms with van der Waals surface area (Å²) in [4.78, 5) is 11.6. The quantitative estimate of drug-likeness (QED) is 0.655. The number of carbonyl (C=O) groups is 1. The Balaban J connectivity index is 1.78. The smallest absolute Gasteiger partial charge is 0.277 e. The summed E-state index contributed by atoms with van der Waals surface area (Å²) >= 11 is 0. The number of halogens is 1. The largest absolute Gasteiger partial charge is 0.484 e. The predicted octanol–water partition coefficient (Wildman–Crippen LogP) is 3.48. The summed E-state index contributed by atoms with van der Waals surface area (Å²) in [6.07, 6.45) is 1.57. The number of hydrazone groups is 1. The average molecular weight is 314 g/mol. The number of hydrogen-bond acceptors (Lipinski definition) is 3. The third-order valence-electron chi connectivity index (χ3n) is 3.19. The molecule has 4 nitrogen and oxygen atoms in total. The zero-order chi connectivity index (χ0) is 16.7. The van der Waals surface area contributed by atoms with Crippen LogP contribution in [0.15, 0.2) is 53.6 Å². The van der Waals surface area contributed by atoms with Crippen LogP contribution in [0, 0.1) is 5.82 Å². The van der Waals surface area contributed by atoms with Gasteiger partial charge in [0.2, 0.25) is 0 Å². The highest BCUT2D eigenvalue weighted by molar-refractivity contribution is 5.82. The normalized spacial score (nSPS) is 11.0. The van der Waals surface area contributed by atoms with Gasteiger partial charge in [-0.3, -0.25) is 4.79 Å². The van der Waals surface area contributed by atoms with Crippen molar-refractivity contribution in [2.75, 3.05) is 6.61 Å². The van der Waals surface area contributed by atoms with Crippen molar-refractivity contribution in [3.63, 3.8) is 0 Å². The Morgan fingerprint density at radius 2 is 1.83 bits per heavy atom. The maximum Gasteiger partial charge on any atom is 0.277 e. The molecule has 120 valence electrons. The molecule has 2 aromatic rings. The molecule has 0 bridgehead atoms. The summed E-state index contributed by atoms with van der Waals surface area (Å²) < 4.78 is 17.9. The number of nitrogens with one attached hydrogen (secondary N) is 1. The first-order chi connectivity index (χ1) is 11.0. The second-order valence-electron chi connectivity index (χ2n) is 5.36. The van der Waals surface area contributed by atoms with Crippen LogP contribution >= 0.6 is 0 Å². The lowest BCUT2D eigenvalue weighted by molar-refractivity contribution is -0.123. The molecule has 2 rings (SSSR count). The van der Waals surface area contributed by atoms with E-state index in [2.05, 4.69) is 24.4 Å². The molecule has 0 aromatic heterocycles. The van der Waals surface area contributed by atoms with Gasteiger partial charge in [-0.25, -0.2) is 9.82 Å². The molecule has 1 amide bonds. The highest BCUT2D eigenvalue weighted by Crippen LogP contribution is 2.14. The van der Waals surface area contributed by atoms with Crippen LogP contribution in [-0.4, -0.2) is 18.7 Å². The Bertz CT molecular complexity index is 664. The van der Waals surface area contributed by atoms with Crippen molar-refractivity contribution in [1.29, 1.82) is 0 Å². The Hall–Kier alpha value is -2.69. The Morgan fingerprint density at radius 3 is 2.43 bits per heavy atom. The molecule has 0 fully saturated rings. The number of amides is 1. The van der Waals surface area contributed by atoms with Crippen molar-refractivity contribution >= 4 is 12.1 Å². The molecule has 2 aromatic carbocycles. The third kappa shape index (κ3) is 5.54. The maximum absolute atomic E-state index is 12.7. The van der Waals surface area contributed by atoms with E-state index < -0.39 is 0 Å². The molecule has 0 aliphatic rings. The highest BCUT2D eigenvalue weighted by Gasteiger charge is 2.02. The second kappa shape index (κ2) is 8.08. The fraction of sp³-hybridized carbons (Fsp3) is 0.222. The van der Waals surface area contributed by atoms with Gasteiger partial charge >= 0.3 is 0 Å². The number of carbonyl (C=O) groups excluding carboxylic acids is 1. The van der Waals surface area contributed by atoms with Crippen molar-refractivity contribution < 1.29 is 13.9 Å². The minimum Gasteiger partial charge on any atom is -0.484 e. The molecule has 5 heteroatoms. The van der Waals surface area contributed by atoms with Crippen LogP contribution in [0.2, 0.25) is 0 Å². The molecule has 0 saturated heterocycles. The SMILES string of the molecule is CC(C)c1ccc(/C=N/NC(=O)COc2ccc(F)cc2)cc1. The van der Waals surface area contributed by atoms with Crippen LogP contribution in [0.3, 0.4) is 0 Å². The number of benzene rings is 2. The van der Waals surface area contributed by atoms with E-state index in [1.807, 2.05) is 24.3 Å². The van der Waals surface area contributed by atoms with E-state index >= 15 is 0 Å². The summed E-state index contributed by atoms with van der Waals surface area (Å²) in [7, 11) is 0. The van der Waals surface area contributed by atoms with Gasteiger partial charge in [-0.05, 0) is 41.3 Å². The van der Waals surface area contributed by atoms with Gasteiger partial charge in [-0.1, -0.05) is 38.1 Å². The van der Waals surface area contributed by atoms with E-state index in [0.717, 1.165) is 5.56 Å². The molecule has 0 saturated carbocycles. The van der Waals surface area contributed by atoms with Gasteiger partial charge in [0, 0.05) is 0 Å². The Morgan fingerprint density at radius 1 is 1.17 bits per heavy atom. The van der Waals surface area contributed by atoms with Crippen molar-refractivity contribution in [3.8, 4) is 5.75 Å². The number of nitrogens with zero attached hydrogens (tertiary/aromatic N) is 1. The van der Waals surface area contributed by atoms with Crippen molar-refractivity contribution in [1.82, 2.24) is 5.43 Å². The average Bonchev–Trinajstić information content (AvgIpc) is 2.55. The lowest BCUT2D eigenvalue weighted by Gasteiger charge is -2.05. The number of hydrogen-bond donors (Lipinski definition) is 1. The van der Waals surface area contributed by atoms with E-state index in [9.17, 15) is 9.18 Å². The van der Waals surface area contributed by atoms with Gasteiger partial charge < -0.3 is 4.74 Å². The summed E-state index contributed by atoms with van der Waals surface area (Å²) in [6.45, 7) is 4.07. The number of rotatable bonds is 6. The summed E-state index contributed by atoms with van der Waals surface area (Å²) in [6, 6.07) is 13.4. The number of ether oxygens (including phenoxy) is 1. The third-order valence-corrected chi connectivity index (χ3v) is 3.19. The molecule has 0 aliphatic carbocycles. The molecule has 1 N–H and O–H groups in total. The standard InChI is InChI=1S/C18H19FN2O2/c1-13(2)15-5-3-14(4-6-15)11-20-21-18(22)12-23-17-9-7-16(19)8-10-17/h3-11,13H,12H2,1-2H3,(H,21,22)/b20-11+. The van der Waals surface area contributed by atoms with Crippen LogP contribution < -0.4 is 10.2 Å². The maximum atomic E-state index is 12.7. The molecular formula is C18H19FN2O2. The highest BCUT2D eigenvalue weighted by atomic mass is 19.1. The molecular weight excluding hydrogens is 295 g/mol. The molecule has 0 atom stereocenters. The first-order valence-corrected chi connectivity index (χ1v) is 7.35.